The summed E-state index contributed by atoms with van der Waals surface area (Å²) in [5.74, 6) is -0.510. The minimum absolute atomic E-state index is 0.110. The number of rotatable bonds is 6. The van der Waals surface area contributed by atoms with Gasteiger partial charge in [-0.2, -0.15) is 0 Å². The van der Waals surface area contributed by atoms with Gasteiger partial charge in [-0.25, -0.2) is 0 Å². The molecule has 2 aromatic rings. The normalized spacial score (nSPS) is 16.1. The molecule has 1 N–H and O–H groups in total. The van der Waals surface area contributed by atoms with Crippen LogP contribution in [0.3, 0.4) is 0 Å². The number of likely N-dealkylation sites (tertiary alicyclic amines) is 1. The number of carbonyl (C=O) groups excluding carboxylic acids is 1. The number of nitrogens with zero attached hydrogens (tertiary/aromatic N) is 2. The fourth-order valence-corrected chi connectivity index (χ4v) is 3.20. The molecule has 1 aromatic heterocycles. The maximum absolute atomic E-state index is 12.8. The van der Waals surface area contributed by atoms with Crippen molar-refractivity contribution in [3.63, 3.8) is 0 Å². The number of carbonyl (C=O) groups is 1. The lowest BCUT2D eigenvalue weighted by Gasteiger charge is -2.26. The van der Waals surface area contributed by atoms with E-state index in [1.807, 2.05) is 6.07 Å². The van der Waals surface area contributed by atoms with Crippen molar-refractivity contribution >= 4 is 5.91 Å². The summed E-state index contributed by atoms with van der Waals surface area (Å²) in [6.45, 7) is 1.75. The molecule has 144 valence electrons. The summed E-state index contributed by atoms with van der Waals surface area (Å²) in [7, 11) is 0. The van der Waals surface area contributed by atoms with E-state index in [2.05, 4.69) is 19.9 Å². The van der Waals surface area contributed by atoms with E-state index in [4.69, 9.17) is 0 Å². The topological polar surface area (TPSA) is 54.5 Å². The Hall–Kier alpha value is -2.61. The molecule has 3 rings (SSSR count). The fourth-order valence-electron chi connectivity index (χ4n) is 3.20. The first-order chi connectivity index (χ1) is 12.9. The van der Waals surface area contributed by atoms with Crippen molar-refractivity contribution < 1.29 is 22.7 Å². The molecular formula is C19H20F3N3O2. The summed E-state index contributed by atoms with van der Waals surface area (Å²) in [6.07, 6.45) is 0.625. The summed E-state index contributed by atoms with van der Waals surface area (Å²) < 4.78 is 41.0. The van der Waals surface area contributed by atoms with E-state index >= 15 is 0 Å². The van der Waals surface area contributed by atoms with Gasteiger partial charge in [-0.05, 0) is 55.3 Å². The van der Waals surface area contributed by atoms with Gasteiger partial charge >= 0.3 is 6.36 Å². The number of hydrogen-bond donors (Lipinski definition) is 1. The van der Waals surface area contributed by atoms with Crippen molar-refractivity contribution in [1.82, 2.24) is 15.2 Å². The number of aromatic nitrogens is 1. The lowest BCUT2D eigenvalue weighted by atomic mass is 10.1. The predicted molar refractivity (Wildman–Crippen MR) is 92.8 cm³/mol. The van der Waals surface area contributed by atoms with E-state index in [0.29, 0.717) is 5.56 Å². The van der Waals surface area contributed by atoms with Crippen LogP contribution in [0.1, 0.15) is 30.0 Å². The average Bonchev–Trinajstić information content (AvgIpc) is 3.14. The average molecular weight is 379 g/mol. The van der Waals surface area contributed by atoms with Crippen molar-refractivity contribution in [2.75, 3.05) is 13.1 Å². The maximum Gasteiger partial charge on any atom is 0.573 e. The molecule has 1 aliphatic rings. The Labute approximate surface area is 155 Å². The van der Waals surface area contributed by atoms with Crippen LogP contribution in [0, 0.1) is 0 Å². The minimum atomic E-state index is -4.75. The molecule has 0 radical (unpaired) electrons. The Kier molecular flexibility index (Phi) is 5.95. The van der Waals surface area contributed by atoms with Gasteiger partial charge in [0.05, 0.1) is 0 Å². The van der Waals surface area contributed by atoms with E-state index in [-0.39, 0.29) is 18.2 Å². The summed E-state index contributed by atoms with van der Waals surface area (Å²) >= 11 is 0. The van der Waals surface area contributed by atoms with E-state index in [0.717, 1.165) is 31.5 Å². The lowest BCUT2D eigenvalue weighted by molar-refractivity contribution is -0.274. The number of ether oxygens (including phenoxy) is 1. The Balaban J connectivity index is 1.68. The van der Waals surface area contributed by atoms with Crippen molar-refractivity contribution in [2.45, 2.75) is 31.8 Å². The maximum atomic E-state index is 12.8. The van der Waals surface area contributed by atoms with Gasteiger partial charge in [-0.1, -0.05) is 18.2 Å². The van der Waals surface area contributed by atoms with Crippen LogP contribution >= 0.6 is 0 Å². The van der Waals surface area contributed by atoms with Crippen LogP contribution < -0.4 is 10.1 Å². The van der Waals surface area contributed by atoms with Crippen LogP contribution in [0.2, 0.25) is 0 Å². The quantitative estimate of drug-likeness (QED) is 0.836. The third-order valence-corrected chi connectivity index (χ3v) is 4.35. The third-order valence-electron chi connectivity index (χ3n) is 4.35. The largest absolute Gasteiger partial charge is 0.573 e. The van der Waals surface area contributed by atoms with Gasteiger partial charge in [-0.15, -0.1) is 13.2 Å². The highest BCUT2D eigenvalue weighted by molar-refractivity contribution is 5.83. The number of halogens is 3. The summed E-state index contributed by atoms with van der Waals surface area (Å²) in [6, 6.07) is 8.76. The fraction of sp³-hybridized carbons (Fsp3) is 0.368. The van der Waals surface area contributed by atoms with Crippen LogP contribution in [0.15, 0.2) is 48.8 Å². The molecule has 1 fully saturated rings. The zero-order valence-corrected chi connectivity index (χ0v) is 14.6. The zero-order chi connectivity index (χ0) is 19.3. The standard InChI is InChI=1S/C19H20F3N3O2/c20-19(21,22)27-16-7-3-5-14(11-16)12-24-18(26)17(25-9-1-2-10-25)15-6-4-8-23-13-15/h3-8,11,13,17H,1-2,9-10,12H2,(H,24,26). The Morgan fingerprint density at radius 2 is 2.00 bits per heavy atom. The Morgan fingerprint density at radius 3 is 2.67 bits per heavy atom. The predicted octanol–water partition coefficient (Wildman–Crippen LogP) is 3.43. The molecule has 1 atom stereocenters. The van der Waals surface area contributed by atoms with E-state index in [9.17, 15) is 18.0 Å². The first kappa shape index (κ1) is 19.2. The van der Waals surface area contributed by atoms with Crippen LogP contribution in [-0.4, -0.2) is 35.2 Å². The highest BCUT2D eigenvalue weighted by Gasteiger charge is 2.31. The van der Waals surface area contributed by atoms with Crippen molar-refractivity contribution in [1.29, 1.82) is 0 Å². The van der Waals surface area contributed by atoms with Gasteiger partial charge in [0.25, 0.3) is 0 Å². The molecule has 0 aliphatic carbocycles. The highest BCUT2D eigenvalue weighted by Crippen LogP contribution is 2.26. The second-order valence-corrected chi connectivity index (χ2v) is 6.34. The molecule has 0 saturated carbocycles. The second kappa shape index (κ2) is 8.39. The molecule has 1 amide bonds. The van der Waals surface area contributed by atoms with E-state index in [1.165, 1.54) is 18.2 Å². The van der Waals surface area contributed by atoms with Crippen LogP contribution in [-0.2, 0) is 11.3 Å². The molecule has 1 unspecified atom stereocenters. The highest BCUT2D eigenvalue weighted by atomic mass is 19.4. The number of benzene rings is 1. The molecule has 1 aliphatic heterocycles. The number of pyridine rings is 1. The van der Waals surface area contributed by atoms with Gasteiger partial charge in [0.1, 0.15) is 11.8 Å². The van der Waals surface area contributed by atoms with Crippen LogP contribution in [0.25, 0.3) is 0 Å². The molecular weight excluding hydrogens is 359 g/mol. The summed E-state index contributed by atoms with van der Waals surface area (Å²) in [5.41, 5.74) is 1.32. The summed E-state index contributed by atoms with van der Waals surface area (Å²) in [4.78, 5) is 19.0. The van der Waals surface area contributed by atoms with Gasteiger partial charge < -0.3 is 10.1 Å². The Morgan fingerprint density at radius 1 is 1.22 bits per heavy atom. The molecule has 2 heterocycles. The van der Waals surface area contributed by atoms with E-state index < -0.39 is 12.4 Å². The van der Waals surface area contributed by atoms with Gasteiger partial charge in [0.2, 0.25) is 5.91 Å². The second-order valence-electron chi connectivity index (χ2n) is 6.34. The zero-order valence-electron chi connectivity index (χ0n) is 14.6. The monoisotopic (exact) mass is 379 g/mol. The van der Waals surface area contributed by atoms with Crippen molar-refractivity contribution in [3.8, 4) is 5.75 Å². The SMILES string of the molecule is O=C(NCc1cccc(OC(F)(F)F)c1)C(c1cccnc1)N1CCCC1. The smallest absolute Gasteiger partial charge is 0.406 e. The van der Waals surface area contributed by atoms with Crippen molar-refractivity contribution in [2.24, 2.45) is 0 Å². The first-order valence-electron chi connectivity index (χ1n) is 8.69. The lowest BCUT2D eigenvalue weighted by Crippen LogP contribution is -2.39. The van der Waals surface area contributed by atoms with Crippen LogP contribution in [0.4, 0.5) is 13.2 Å². The molecule has 5 nitrogen and oxygen atoms in total. The molecule has 1 aromatic carbocycles. The van der Waals surface area contributed by atoms with Crippen LogP contribution in [0.5, 0.6) is 5.75 Å². The minimum Gasteiger partial charge on any atom is -0.406 e. The number of amides is 1. The van der Waals surface area contributed by atoms with E-state index in [1.54, 1.807) is 24.5 Å². The van der Waals surface area contributed by atoms with Gasteiger partial charge in [0, 0.05) is 18.9 Å². The first-order valence-corrected chi connectivity index (χ1v) is 8.69. The molecule has 0 bridgehead atoms. The van der Waals surface area contributed by atoms with Gasteiger partial charge in [-0.3, -0.25) is 14.7 Å². The third kappa shape index (κ3) is 5.43. The number of nitrogens with one attached hydrogen (secondary N) is 1. The molecule has 8 heteroatoms. The molecule has 27 heavy (non-hydrogen) atoms. The number of hydrogen-bond acceptors (Lipinski definition) is 4. The summed E-state index contributed by atoms with van der Waals surface area (Å²) in [5, 5.41) is 2.82. The molecule has 0 spiro atoms. The Bertz CT molecular complexity index is 762. The number of alkyl halides is 3. The van der Waals surface area contributed by atoms with Gasteiger partial charge in [0.15, 0.2) is 0 Å². The van der Waals surface area contributed by atoms with Crippen molar-refractivity contribution in [3.05, 3.63) is 59.9 Å². The molecule has 1 saturated heterocycles.